The summed E-state index contributed by atoms with van der Waals surface area (Å²) in [6, 6.07) is 18.2. The van der Waals surface area contributed by atoms with Crippen LogP contribution < -0.4 is 27.0 Å². The lowest BCUT2D eigenvalue weighted by Gasteiger charge is -2.15. The minimum absolute atomic E-state index is 0.129. The van der Waals surface area contributed by atoms with Crippen molar-refractivity contribution in [2.24, 2.45) is 5.73 Å². The van der Waals surface area contributed by atoms with Gasteiger partial charge < -0.3 is 21.7 Å². The van der Waals surface area contributed by atoms with Gasteiger partial charge in [-0.05, 0) is 53.9 Å². The van der Waals surface area contributed by atoms with Crippen LogP contribution in [0.25, 0.3) is 17.3 Å². The molecule has 1 fully saturated rings. The molecule has 0 atom stereocenters. The maximum atomic E-state index is 13.1. The van der Waals surface area contributed by atoms with E-state index in [0.717, 1.165) is 5.56 Å². The number of nitro benzene ring substituents is 1. The summed E-state index contributed by atoms with van der Waals surface area (Å²) in [5.74, 6) is -0.902. The second-order valence-corrected chi connectivity index (χ2v) is 8.64. The Balaban J connectivity index is 1.56. The third-order valence-electron chi connectivity index (χ3n) is 6.10. The lowest BCUT2D eigenvalue weighted by atomic mass is 9.98. The standard InChI is InChI=1S/C27H22N6O5/c28-12-11-15-1-5-17(6-2-15)24(23-20-14-19(33(37)38)9-10-21(20)30-26(23)35)29-18-7-3-16(4-8-18)13-22-25(34)32-27(36)31-22/h1-10,13-14,29H,11-12,28H2,(H,30,35)(H2,31,32,34,36)/b22-13-,24-23?. The number of nitrogens with one attached hydrogen (secondary N) is 4. The van der Waals surface area contributed by atoms with Crippen molar-refractivity contribution < 1.29 is 19.3 Å². The van der Waals surface area contributed by atoms with Crippen LogP contribution in [0.4, 0.5) is 21.9 Å². The zero-order valence-corrected chi connectivity index (χ0v) is 19.9. The molecule has 2 heterocycles. The summed E-state index contributed by atoms with van der Waals surface area (Å²) in [5.41, 5.74) is 10.4. The minimum Gasteiger partial charge on any atom is -0.354 e. The first-order valence-corrected chi connectivity index (χ1v) is 11.7. The summed E-state index contributed by atoms with van der Waals surface area (Å²) in [4.78, 5) is 47.2. The van der Waals surface area contributed by atoms with Crippen molar-refractivity contribution in [1.82, 2.24) is 10.6 Å². The van der Waals surface area contributed by atoms with Gasteiger partial charge in [-0.25, -0.2) is 4.79 Å². The second-order valence-electron chi connectivity index (χ2n) is 8.64. The molecule has 0 aromatic heterocycles. The van der Waals surface area contributed by atoms with E-state index in [1.54, 1.807) is 30.3 Å². The van der Waals surface area contributed by atoms with Crippen LogP contribution in [0.3, 0.4) is 0 Å². The fourth-order valence-corrected chi connectivity index (χ4v) is 4.26. The zero-order valence-electron chi connectivity index (χ0n) is 19.9. The molecule has 0 radical (unpaired) electrons. The Morgan fingerprint density at radius 1 is 0.921 bits per heavy atom. The van der Waals surface area contributed by atoms with Crippen molar-refractivity contribution in [3.05, 3.63) is 105 Å². The molecule has 0 spiro atoms. The number of nitrogens with zero attached hydrogens (tertiary/aromatic N) is 1. The lowest BCUT2D eigenvalue weighted by molar-refractivity contribution is -0.384. The number of non-ortho nitro benzene ring substituents is 1. The monoisotopic (exact) mass is 510 g/mol. The van der Waals surface area contributed by atoms with Gasteiger partial charge in [0.25, 0.3) is 17.5 Å². The van der Waals surface area contributed by atoms with Gasteiger partial charge in [-0.2, -0.15) is 0 Å². The molecule has 11 nitrogen and oxygen atoms in total. The molecule has 0 saturated carbocycles. The summed E-state index contributed by atoms with van der Waals surface area (Å²) in [6.07, 6.45) is 2.24. The first-order valence-electron chi connectivity index (χ1n) is 11.7. The number of hydrogen-bond donors (Lipinski definition) is 5. The number of urea groups is 1. The number of hydrogen-bond acceptors (Lipinski definition) is 7. The number of carbonyl (C=O) groups is 3. The minimum atomic E-state index is -0.580. The van der Waals surface area contributed by atoms with Crippen molar-refractivity contribution >= 4 is 52.3 Å². The van der Waals surface area contributed by atoms with Crippen molar-refractivity contribution in [2.45, 2.75) is 6.42 Å². The molecule has 3 aromatic carbocycles. The molecular weight excluding hydrogens is 488 g/mol. The molecule has 3 aromatic rings. The van der Waals surface area contributed by atoms with Gasteiger partial charge >= 0.3 is 6.03 Å². The third kappa shape index (κ3) is 4.86. The van der Waals surface area contributed by atoms with Crippen LogP contribution in [0.1, 0.15) is 22.3 Å². The number of amides is 4. The summed E-state index contributed by atoms with van der Waals surface area (Å²) < 4.78 is 0. The van der Waals surface area contributed by atoms with Gasteiger partial charge in [0.1, 0.15) is 5.70 Å². The van der Waals surface area contributed by atoms with Crippen LogP contribution in [-0.2, 0) is 16.0 Å². The van der Waals surface area contributed by atoms with Gasteiger partial charge in [0.2, 0.25) is 0 Å². The Bertz CT molecular complexity index is 1540. The fraction of sp³-hybridized carbons (Fsp3) is 0.0741. The average molecular weight is 511 g/mol. The van der Waals surface area contributed by atoms with Gasteiger partial charge in [-0.15, -0.1) is 0 Å². The third-order valence-corrected chi connectivity index (χ3v) is 6.10. The van der Waals surface area contributed by atoms with E-state index in [2.05, 4.69) is 21.3 Å². The normalized spacial score (nSPS) is 16.6. The zero-order chi connectivity index (χ0) is 26.8. The Morgan fingerprint density at radius 3 is 2.29 bits per heavy atom. The molecule has 2 aliphatic rings. The Labute approximate surface area is 216 Å². The van der Waals surface area contributed by atoms with Crippen molar-refractivity contribution in [3.8, 4) is 0 Å². The highest BCUT2D eigenvalue weighted by Crippen LogP contribution is 2.39. The predicted molar refractivity (Wildman–Crippen MR) is 142 cm³/mol. The Hall–Kier alpha value is -5.29. The molecule has 1 saturated heterocycles. The van der Waals surface area contributed by atoms with E-state index in [0.29, 0.717) is 46.7 Å². The number of nitro groups is 1. The highest BCUT2D eigenvalue weighted by molar-refractivity contribution is 6.37. The molecule has 11 heteroatoms. The first kappa shape index (κ1) is 24.4. The smallest absolute Gasteiger partial charge is 0.326 e. The Kier molecular flexibility index (Phi) is 6.42. The van der Waals surface area contributed by atoms with Crippen LogP contribution >= 0.6 is 0 Å². The molecule has 0 unspecified atom stereocenters. The van der Waals surface area contributed by atoms with Gasteiger partial charge in [0.15, 0.2) is 0 Å². The van der Waals surface area contributed by atoms with Crippen molar-refractivity contribution in [3.63, 3.8) is 0 Å². The SMILES string of the molecule is NCCc1ccc(C(Nc2ccc(/C=C3\NC(=O)NC3=O)cc2)=C2C(=O)Nc3ccc([N+](=O)[O-])cc32)cc1. The predicted octanol–water partition coefficient (Wildman–Crippen LogP) is 3.21. The van der Waals surface area contributed by atoms with E-state index >= 15 is 0 Å². The van der Waals surface area contributed by atoms with Gasteiger partial charge in [-0.1, -0.05) is 36.4 Å². The van der Waals surface area contributed by atoms with Crippen LogP contribution in [0.15, 0.2) is 72.4 Å². The van der Waals surface area contributed by atoms with Crippen LogP contribution in [0.5, 0.6) is 0 Å². The molecule has 2 aliphatic heterocycles. The molecular formula is C27H22N6O5. The van der Waals surface area contributed by atoms with E-state index in [1.165, 1.54) is 18.2 Å². The summed E-state index contributed by atoms with van der Waals surface area (Å²) >= 11 is 0. The summed E-state index contributed by atoms with van der Waals surface area (Å²) in [6.45, 7) is 0.499. The molecule has 4 amide bonds. The lowest BCUT2D eigenvalue weighted by Crippen LogP contribution is -2.22. The highest BCUT2D eigenvalue weighted by atomic mass is 16.6. The maximum absolute atomic E-state index is 13.1. The molecule has 5 rings (SSSR count). The molecule has 0 bridgehead atoms. The fourth-order valence-electron chi connectivity index (χ4n) is 4.26. The van der Waals surface area contributed by atoms with Crippen molar-refractivity contribution in [1.29, 1.82) is 0 Å². The van der Waals surface area contributed by atoms with Crippen LogP contribution in [0, 0.1) is 10.1 Å². The molecule has 6 N–H and O–H groups in total. The topological polar surface area (TPSA) is 168 Å². The average Bonchev–Trinajstić information content (AvgIpc) is 3.40. The maximum Gasteiger partial charge on any atom is 0.326 e. The van der Waals surface area contributed by atoms with E-state index in [-0.39, 0.29) is 17.0 Å². The number of imide groups is 1. The summed E-state index contributed by atoms with van der Waals surface area (Å²) in [5, 5.41) is 22.1. The van der Waals surface area contributed by atoms with Gasteiger partial charge in [0.05, 0.1) is 16.2 Å². The van der Waals surface area contributed by atoms with Gasteiger partial charge in [-0.3, -0.25) is 25.0 Å². The number of nitrogens with two attached hydrogens (primary N) is 1. The quantitative estimate of drug-likeness (QED) is 0.141. The molecule has 0 aliphatic carbocycles. The highest BCUT2D eigenvalue weighted by Gasteiger charge is 2.30. The van der Waals surface area contributed by atoms with E-state index in [4.69, 9.17) is 5.73 Å². The number of carbonyl (C=O) groups excluding carboxylic acids is 3. The van der Waals surface area contributed by atoms with E-state index in [1.807, 2.05) is 24.3 Å². The number of fused-ring (bicyclic) bond motifs is 1. The summed E-state index contributed by atoms with van der Waals surface area (Å²) in [7, 11) is 0. The largest absolute Gasteiger partial charge is 0.354 e. The number of benzene rings is 3. The van der Waals surface area contributed by atoms with Crippen molar-refractivity contribution in [2.75, 3.05) is 17.2 Å². The van der Waals surface area contributed by atoms with E-state index < -0.39 is 22.8 Å². The molecule has 190 valence electrons. The number of rotatable bonds is 7. The number of anilines is 2. The second kappa shape index (κ2) is 9.99. The first-order chi connectivity index (χ1) is 18.3. The van der Waals surface area contributed by atoms with E-state index in [9.17, 15) is 24.5 Å². The van der Waals surface area contributed by atoms with Crippen LogP contribution in [0.2, 0.25) is 0 Å². The van der Waals surface area contributed by atoms with Gasteiger partial charge in [0, 0.05) is 29.1 Å². The molecule has 38 heavy (non-hydrogen) atoms. The van der Waals surface area contributed by atoms with Crippen LogP contribution in [-0.4, -0.2) is 29.3 Å². The Morgan fingerprint density at radius 2 is 1.66 bits per heavy atom.